The Labute approximate surface area is 206 Å². The molecular weight excluding hydrogens is 430 g/mol. The summed E-state index contributed by atoms with van der Waals surface area (Å²) in [6.45, 7) is 2.96. The van der Waals surface area contributed by atoms with Crippen LogP contribution in [0.5, 0.6) is 11.6 Å². The van der Waals surface area contributed by atoms with Gasteiger partial charge in [-0.15, -0.1) is 0 Å². The van der Waals surface area contributed by atoms with Crippen molar-refractivity contribution in [1.29, 1.82) is 0 Å². The SMILES string of the molecule is Cc1ccc(-c2c(OCc3ccccc3)ncc(-c3ccccc3)c2OCc2ccccc2)cc1. The molecule has 0 fully saturated rings. The molecule has 35 heavy (non-hydrogen) atoms. The second-order valence-electron chi connectivity index (χ2n) is 8.46. The van der Waals surface area contributed by atoms with Crippen molar-refractivity contribution in [3.05, 3.63) is 138 Å². The maximum absolute atomic E-state index is 6.57. The summed E-state index contributed by atoms with van der Waals surface area (Å²) in [5.74, 6) is 1.32. The fourth-order valence-electron chi connectivity index (χ4n) is 3.99. The van der Waals surface area contributed by atoms with Gasteiger partial charge in [0.15, 0.2) is 0 Å². The zero-order valence-electron chi connectivity index (χ0n) is 19.7. The lowest BCUT2D eigenvalue weighted by Gasteiger charge is -2.20. The van der Waals surface area contributed by atoms with Crippen LogP contribution in [0.25, 0.3) is 22.3 Å². The highest BCUT2D eigenvalue weighted by molar-refractivity contribution is 5.84. The number of aryl methyl sites for hydroxylation is 1. The molecule has 3 nitrogen and oxygen atoms in total. The Kier molecular flexibility index (Phi) is 6.86. The molecule has 4 aromatic carbocycles. The molecule has 0 atom stereocenters. The van der Waals surface area contributed by atoms with Gasteiger partial charge in [0.25, 0.3) is 0 Å². The summed E-state index contributed by atoms with van der Waals surface area (Å²) in [5, 5.41) is 0. The Hall–Kier alpha value is -4.37. The maximum Gasteiger partial charge on any atom is 0.225 e. The van der Waals surface area contributed by atoms with Crippen LogP contribution in [0.1, 0.15) is 16.7 Å². The minimum Gasteiger partial charge on any atom is -0.487 e. The van der Waals surface area contributed by atoms with Gasteiger partial charge < -0.3 is 9.47 Å². The van der Waals surface area contributed by atoms with E-state index >= 15 is 0 Å². The largest absolute Gasteiger partial charge is 0.487 e. The summed E-state index contributed by atoms with van der Waals surface area (Å²) in [6, 6.07) is 39.0. The van der Waals surface area contributed by atoms with Crippen LogP contribution in [0, 0.1) is 6.92 Å². The van der Waals surface area contributed by atoms with E-state index in [2.05, 4.69) is 67.6 Å². The van der Waals surface area contributed by atoms with E-state index in [-0.39, 0.29) is 0 Å². The molecule has 172 valence electrons. The molecule has 1 aromatic heterocycles. The van der Waals surface area contributed by atoms with Crippen LogP contribution >= 0.6 is 0 Å². The number of ether oxygens (including phenoxy) is 2. The summed E-state index contributed by atoms with van der Waals surface area (Å²) in [5.41, 5.74) is 7.23. The van der Waals surface area contributed by atoms with Gasteiger partial charge in [-0.25, -0.2) is 4.98 Å². The maximum atomic E-state index is 6.57. The second kappa shape index (κ2) is 10.7. The third-order valence-corrected chi connectivity index (χ3v) is 5.87. The van der Waals surface area contributed by atoms with E-state index in [1.807, 2.05) is 60.8 Å². The minimum atomic E-state index is 0.426. The Bertz CT molecular complexity index is 1370. The second-order valence-corrected chi connectivity index (χ2v) is 8.46. The summed E-state index contributed by atoms with van der Waals surface area (Å²) in [6.07, 6.45) is 1.85. The molecule has 0 radical (unpaired) electrons. The first-order valence-corrected chi connectivity index (χ1v) is 11.8. The number of aromatic nitrogens is 1. The van der Waals surface area contributed by atoms with Gasteiger partial charge >= 0.3 is 0 Å². The molecule has 0 aliphatic heterocycles. The Balaban J connectivity index is 1.63. The molecule has 0 aliphatic carbocycles. The zero-order chi connectivity index (χ0) is 23.9. The van der Waals surface area contributed by atoms with E-state index < -0.39 is 0 Å². The van der Waals surface area contributed by atoms with Crippen LogP contribution in [0.2, 0.25) is 0 Å². The van der Waals surface area contributed by atoms with E-state index in [0.717, 1.165) is 39.1 Å². The molecule has 0 amide bonds. The quantitative estimate of drug-likeness (QED) is 0.237. The molecule has 0 unspecified atom stereocenters. The van der Waals surface area contributed by atoms with Crippen LogP contribution in [0.15, 0.2) is 121 Å². The molecule has 0 saturated carbocycles. The Morgan fingerprint density at radius 2 is 1.11 bits per heavy atom. The third kappa shape index (κ3) is 5.42. The average molecular weight is 458 g/mol. The molecule has 0 spiro atoms. The standard InChI is InChI=1S/C32H27NO2/c1-24-17-19-28(20-18-24)30-31(34-22-25-11-5-2-6-12-25)29(27-15-9-4-10-16-27)21-33-32(30)35-23-26-13-7-3-8-14-26/h2-21H,22-23H2,1H3. The predicted octanol–water partition coefficient (Wildman–Crippen LogP) is 7.88. The zero-order valence-corrected chi connectivity index (χ0v) is 19.7. The number of rotatable bonds is 8. The van der Waals surface area contributed by atoms with Gasteiger partial charge in [0.2, 0.25) is 5.88 Å². The van der Waals surface area contributed by atoms with Gasteiger partial charge in [-0.3, -0.25) is 0 Å². The van der Waals surface area contributed by atoms with Gasteiger partial charge in [-0.1, -0.05) is 121 Å². The van der Waals surface area contributed by atoms with Gasteiger partial charge in [0.05, 0.1) is 5.56 Å². The normalized spacial score (nSPS) is 10.7. The van der Waals surface area contributed by atoms with E-state index in [1.165, 1.54) is 5.56 Å². The molecule has 0 bridgehead atoms. The van der Waals surface area contributed by atoms with Gasteiger partial charge in [-0.05, 0) is 29.2 Å². The van der Waals surface area contributed by atoms with Crippen molar-refractivity contribution < 1.29 is 9.47 Å². The monoisotopic (exact) mass is 457 g/mol. The number of nitrogens with zero attached hydrogens (tertiary/aromatic N) is 1. The smallest absolute Gasteiger partial charge is 0.225 e. The van der Waals surface area contributed by atoms with Crippen molar-refractivity contribution >= 4 is 0 Å². The highest BCUT2D eigenvalue weighted by atomic mass is 16.5. The Morgan fingerprint density at radius 1 is 0.571 bits per heavy atom. The molecule has 0 aliphatic rings. The average Bonchev–Trinajstić information content (AvgIpc) is 2.93. The van der Waals surface area contributed by atoms with Crippen LogP contribution < -0.4 is 9.47 Å². The van der Waals surface area contributed by atoms with Crippen molar-refractivity contribution in [1.82, 2.24) is 4.98 Å². The van der Waals surface area contributed by atoms with Gasteiger partial charge in [0.1, 0.15) is 19.0 Å². The van der Waals surface area contributed by atoms with Crippen LogP contribution in [-0.4, -0.2) is 4.98 Å². The molecule has 1 heterocycles. The fraction of sp³-hybridized carbons (Fsp3) is 0.0938. The third-order valence-electron chi connectivity index (χ3n) is 5.87. The van der Waals surface area contributed by atoms with Crippen molar-refractivity contribution in [2.24, 2.45) is 0 Å². The molecule has 5 rings (SSSR count). The molecule has 5 aromatic rings. The van der Waals surface area contributed by atoms with E-state index in [0.29, 0.717) is 19.1 Å². The number of benzene rings is 4. The number of hydrogen-bond acceptors (Lipinski definition) is 3. The van der Waals surface area contributed by atoms with Crippen LogP contribution in [0.4, 0.5) is 0 Å². The van der Waals surface area contributed by atoms with E-state index in [1.54, 1.807) is 0 Å². The topological polar surface area (TPSA) is 31.4 Å². The predicted molar refractivity (Wildman–Crippen MR) is 141 cm³/mol. The summed E-state index contributed by atoms with van der Waals surface area (Å²) in [4.78, 5) is 4.78. The van der Waals surface area contributed by atoms with Crippen molar-refractivity contribution in [3.8, 4) is 33.9 Å². The van der Waals surface area contributed by atoms with Crippen molar-refractivity contribution in [3.63, 3.8) is 0 Å². The number of hydrogen-bond donors (Lipinski definition) is 0. The Morgan fingerprint density at radius 3 is 1.71 bits per heavy atom. The molecular formula is C32H27NO2. The van der Waals surface area contributed by atoms with E-state index in [9.17, 15) is 0 Å². The first kappa shape index (κ1) is 22.4. The van der Waals surface area contributed by atoms with Crippen molar-refractivity contribution in [2.75, 3.05) is 0 Å². The van der Waals surface area contributed by atoms with Crippen LogP contribution in [0.3, 0.4) is 0 Å². The summed E-state index contributed by atoms with van der Waals surface area (Å²) < 4.78 is 12.9. The molecule has 0 N–H and O–H groups in total. The van der Waals surface area contributed by atoms with E-state index in [4.69, 9.17) is 14.5 Å². The van der Waals surface area contributed by atoms with Crippen LogP contribution in [-0.2, 0) is 13.2 Å². The van der Waals surface area contributed by atoms with Crippen molar-refractivity contribution in [2.45, 2.75) is 20.1 Å². The fourth-order valence-corrected chi connectivity index (χ4v) is 3.99. The minimum absolute atomic E-state index is 0.426. The van der Waals surface area contributed by atoms with Gasteiger partial charge in [-0.2, -0.15) is 0 Å². The molecule has 3 heteroatoms. The first-order chi connectivity index (χ1) is 17.3. The summed E-state index contributed by atoms with van der Waals surface area (Å²) >= 11 is 0. The highest BCUT2D eigenvalue weighted by Gasteiger charge is 2.21. The summed E-state index contributed by atoms with van der Waals surface area (Å²) in [7, 11) is 0. The lowest BCUT2D eigenvalue weighted by molar-refractivity contribution is 0.284. The highest BCUT2D eigenvalue weighted by Crippen LogP contribution is 2.44. The van der Waals surface area contributed by atoms with Gasteiger partial charge in [0, 0.05) is 11.8 Å². The lowest BCUT2D eigenvalue weighted by Crippen LogP contribution is -2.04. The molecule has 0 saturated heterocycles. The number of pyridine rings is 1. The lowest BCUT2D eigenvalue weighted by atomic mass is 9.98. The first-order valence-electron chi connectivity index (χ1n) is 11.8.